The quantitative estimate of drug-likeness (QED) is 0.387. The topological polar surface area (TPSA) is 86.2 Å². The molecule has 0 aromatic carbocycles. The highest BCUT2D eigenvalue weighted by atomic mass is 32.1. The summed E-state index contributed by atoms with van der Waals surface area (Å²) in [7, 11) is 0. The third kappa shape index (κ3) is 3.62. The van der Waals surface area contributed by atoms with Gasteiger partial charge in [0.2, 0.25) is 11.5 Å². The minimum Gasteiger partial charge on any atom is -0.367 e. The summed E-state index contributed by atoms with van der Waals surface area (Å²) in [5.41, 5.74) is 6.92. The van der Waals surface area contributed by atoms with Crippen LogP contribution in [0.4, 0.5) is 8.78 Å². The van der Waals surface area contributed by atoms with Crippen LogP contribution in [0.3, 0.4) is 0 Å². The summed E-state index contributed by atoms with van der Waals surface area (Å²) in [6, 6.07) is 0. The molecule has 15 heavy (non-hydrogen) atoms. The molecular weight excluding hydrogens is 246 g/mol. The Morgan fingerprint density at radius 3 is 1.93 bits per heavy atom. The highest BCUT2D eigenvalue weighted by Crippen LogP contribution is 2.22. The number of alkyl halides is 2. The van der Waals surface area contributed by atoms with Gasteiger partial charge in [-0.25, -0.2) is 8.78 Å². The first-order valence-electron chi connectivity index (χ1n) is 3.91. The van der Waals surface area contributed by atoms with Gasteiger partial charge in [0.05, 0.1) is 6.42 Å². The van der Waals surface area contributed by atoms with Crippen LogP contribution in [0.25, 0.3) is 0 Å². The molecular formula is C7H12F2N2O2S2. The Morgan fingerprint density at radius 2 is 1.67 bits per heavy atom. The van der Waals surface area contributed by atoms with Crippen molar-refractivity contribution in [3.63, 3.8) is 0 Å². The number of thiol groups is 2. The standard InChI is InChI=1S/C7H12F2N2O2S2/c8-6(2-14,5(10)13)1-4(12)7(9,11)3-15/h14-15H,1-3,11H2,(H2,10,13)/t6-,7+/m1/s1. The molecule has 0 spiro atoms. The first-order chi connectivity index (χ1) is 6.69. The molecule has 0 fully saturated rings. The van der Waals surface area contributed by atoms with Crippen LogP contribution in [0, 0.1) is 0 Å². The lowest BCUT2D eigenvalue weighted by Crippen LogP contribution is -2.51. The number of amides is 1. The maximum absolute atomic E-state index is 13.5. The van der Waals surface area contributed by atoms with Crippen LogP contribution < -0.4 is 11.5 Å². The van der Waals surface area contributed by atoms with Crippen LogP contribution in [-0.4, -0.2) is 34.7 Å². The first kappa shape index (κ1) is 14.7. The van der Waals surface area contributed by atoms with E-state index in [2.05, 4.69) is 25.3 Å². The lowest BCUT2D eigenvalue weighted by molar-refractivity contribution is -0.138. The van der Waals surface area contributed by atoms with Crippen molar-refractivity contribution < 1.29 is 18.4 Å². The van der Waals surface area contributed by atoms with Gasteiger partial charge < -0.3 is 5.73 Å². The Bertz CT molecular complexity index is 276. The summed E-state index contributed by atoms with van der Waals surface area (Å²) in [5, 5.41) is 0. The minimum absolute atomic E-state index is 0.604. The molecule has 0 saturated carbocycles. The van der Waals surface area contributed by atoms with Gasteiger partial charge in [0.25, 0.3) is 5.91 Å². The summed E-state index contributed by atoms with van der Waals surface area (Å²) in [5.74, 6) is -6.63. The van der Waals surface area contributed by atoms with Crippen LogP contribution in [0.1, 0.15) is 6.42 Å². The van der Waals surface area contributed by atoms with Crippen molar-refractivity contribution in [2.45, 2.75) is 17.9 Å². The van der Waals surface area contributed by atoms with Crippen molar-refractivity contribution in [1.29, 1.82) is 0 Å². The number of hydrogen-bond acceptors (Lipinski definition) is 5. The van der Waals surface area contributed by atoms with E-state index in [-0.39, 0.29) is 0 Å². The van der Waals surface area contributed by atoms with Crippen LogP contribution in [0.15, 0.2) is 0 Å². The molecule has 0 aliphatic carbocycles. The molecule has 88 valence electrons. The minimum atomic E-state index is -2.77. The zero-order valence-corrected chi connectivity index (χ0v) is 9.53. The number of carbonyl (C=O) groups excluding carboxylic acids is 2. The second-order valence-corrected chi connectivity index (χ2v) is 3.74. The van der Waals surface area contributed by atoms with Gasteiger partial charge in [0.15, 0.2) is 5.78 Å². The Balaban J connectivity index is 4.72. The molecule has 0 bridgehead atoms. The Labute approximate surface area is 96.6 Å². The molecule has 8 heteroatoms. The molecule has 0 aliphatic heterocycles. The number of nitrogens with two attached hydrogens (primary N) is 2. The predicted molar refractivity (Wildman–Crippen MR) is 58.4 cm³/mol. The van der Waals surface area contributed by atoms with Crippen LogP contribution >= 0.6 is 25.3 Å². The van der Waals surface area contributed by atoms with Gasteiger partial charge in [-0.3, -0.25) is 15.3 Å². The third-order valence-electron chi connectivity index (χ3n) is 1.83. The first-order valence-corrected chi connectivity index (χ1v) is 5.18. The SMILES string of the molecule is NC(=O)[C@](F)(CS)CC(=O)[C@](N)(F)CS. The summed E-state index contributed by atoms with van der Waals surface area (Å²) in [6.07, 6.45) is -1.04. The van der Waals surface area contributed by atoms with Gasteiger partial charge in [-0.15, -0.1) is 0 Å². The van der Waals surface area contributed by atoms with E-state index >= 15 is 0 Å². The van der Waals surface area contributed by atoms with Crippen LogP contribution in [-0.2, 0) is 9.59 Å². The van der Waals surface area contributed by atoms with Crippen molar-refractivity contribution in [1.82, 2.24) is 0 Å². The molecule has 1 amide bonds. The van der Waals surface area contributed by atoms with Gasteiger partial charge in [0, 0.05) is 11.5 Å². The predicted octanol–water partition coefficient (Wildman–Crippen LogP) is -0.377. The highest BCUT2D eigenvalue weighted by Gasteiger charge is 2.43. The molecule has 0 saturated heterocycles. The van der Waals surface area contributed by atoms with Crippen molar-refractivity contribution in [2.24, 2.45) is 11.5 Å². The Morgan fingerprint density at radius 1 is 1.20 bits per heavy atom. The van der Waals surface area contributed by atoms with E-state index in [4.69, 9.17) is 11.5 Å². The summed E-state index contributed by atoms with van der Waals surface area (Å²) in [6.45, 7) is 0. The van der Waals surface area contributed by atoms with Gasteiger partial charge in [0.1, 0.15) is 0 Å². The van der Waals surface area contributed by atoms with E-state index in [1.54, 1.807) is 0 Å². The number of halogens is 2. The smallest absolute Gasteiger partial charge is 0.256 e. The second-order valence-electron chi connectivity index (χ2n) is 3.11. The normalized spacial score (nSPS) is 19.0. The van der Waals surface area contributed by atoms with Crippen molar-refractivity contribution in [3.05, 3.63) is 0 Å². The highest BCUT2D eigenvalue weighted by molar-refractivity contribution is 7.80. The largest absolute Gasteiger partial charge is 0.367 e. The van der Waals surface area contributed by atoms with Gasteiger partial charge in [-0.1, -0.05) is 0 Å². The number of hydrogen-bond donors (Lipinski definition) is 4. The molecule has 0 unspecified atom stereocenters. The lowest BCUT2D eigenvalue weighted by atomic mass is 9.96. The molecule has 0 radical (unpaired) electrons. The fourth-order valence-corrected chi connectivity index (χ4v) is 1.15. The van der Waals surface area contributed by atoms with E-state index in [1.807, 2.05) is 0 Å². The number of Topliss-reactive ketones (excluding diaryl/α,β-unsaturated/α-hetero) is 1. The summed E-state index contributed by atoms with van der Waals surface area (Å²) >= 11 is 7.02. The average molecular weight is 258 g/mol. The van der Waals surface area contributed by atoms with Gasteiger partial charge >= 0.3 is 0 Å². The maximum atomic E-state index is 13.5. The zero-order valence-electron chi connectivity index (χ0n) is 7.74. The van der Waals surface area contributed by atoms with Crippen molar-refractivity contribution in [3.8, 4) is 0 Å². The zero-order chi connectivity index (χ0) is 12.3. The van der Waals surface area contributed by atoms with E-state index in [0.717, 1.165) is 0 Å². The molecule has 4 N–H and O–H groups in total. The molecule has 0 rings (SSSR count). The Kier molecular flexibility index (Phi) is 5.01. The summed E-state index contributed by atoms with van der Waals surface area (Å²) < 4.78 is 26.7. The lowest BCUT2D eigenvalue weighted by Gasteiger charge is -2.22. The fraction of sp³-hybridized carbons (Fsp3) is 0.714. The molecule has 4 nitrogen and oxygen atoms in total. The number of rotatable bonds is 6. The second kappa shape index (κ2) is 5.13. The van der Waals surface area contributed by atoms with Gasteiger partial charge in [-0.05, 0) is 0 Å². The number of ketones is 1. The van der Waals surface area contributed by atoms with E-state index in [1.165, 1.54) is 0 Å². The van der Waals surface area contributed by atoms with Crippen molar-refractivity contribution >= 4 is 36.9 Å². The molecule has 0 aromatic heterocycles. The van der Waals surface area contributed by atoms with E-state index in [9.17, 15) is 18.4 Å². The summed E-state index contributed by atoms with van der Waals surface area (Å²) in [4.78, 5) is 21.8. The Hall–Kier alpha value is -0.340. The average Bonchev–Trinajstić information content (AvgIpc) is 2.17. The number of carbonyl (C=O) groups is 2. The molecule has 0 aromatic rings. The van der Waals surface area contributed by atoms with E-state index < -0.39 is 41.1 Å². The number of primary amides is 1. The molecule has 0 heterocycles. The molecule has 2 atom stereocenters. The molecule has 0 aliphatic rings. The monoisotopic (exact) mass is 258 g/mol. The van der Waals surface area contributed by atoms with Crippen LogP contribution in [0.5, 0.6) is 0 Å². The van der Waals surface area contributed by atoms with E-state index in [0.29, 0.717) is 0 Å². The van der Waals surface area contributed by atoms with Gasteiger partial charge in [-0.2, -0.15) is 25.3 Å². The van der Waals surface area contributed by atoms with Crippen molar-refractivity contribution in [2.75, 3.05) is 11.5 Å². The fourth-order valence-electron chi connectivity index (χ4n) is 0.711. The third-order valence-corrected chi connectivity index (χ3v) is 2.79. The maximum Gasteiger partial charge on any atom is 0.256 e. The van der Waals surface area contributed by atoms with Crippen LogP contribution in [0.2, 0.25) is 0 Å².